The van der Waals surface area contributed by atoms with E-state index in [-0.39, 0.29) is 6.03 Å². The molecule has 1 aromatic carbocycles. The number of nitrogens with one attached hydrogen (secondary N) is 1. The monoisotopic (exact) mass is 270 g/mol. The molecule has 0 saturated carbocycles. The summed E-state index contributed by atoms with van der Waals surface area (Å²) in [4.78, 5) is 18.5. The van der Waals surface area contributed by atoms with Crippen molar-refractivity contribution in [2.75, 3.05) is 11.9 Å². The van der Waals surface area contributed by atoms with Crippen LogP contribution in [0.1, 0.15) is 17.0 Å². The zero-order valence-corrected chi connectivity index (χ0v) is 11.8. The number of anilines is 1. The predicted molar refractivity (Wildman–Crippen MR) is 77.5 cm³/mol. The first-order chi connectivity index (χ1) is 9.63. The van der Waals surface area contributed by atoms with Gasteiger partial charge in [-0.1, -0.05) is 17.7 Å². The number of fused-ring (bicyclic) bond motifs is 1. The normalized spacial score (nSPS) is 14.0. The third-order valence-electron chi connectivity index (χ3n) is 3.69. The lowest BCUT2D eigenvalue weighted by atomic mass is 10.1. The molecule has 0 fully saturated rings. The first-order valence-corrected chi connectivity index (χ1v) is 6.75. The van der Waals surface area contributed by atoms with Crippen LogP contribution in [0.15, 0.2) is 30.6 Å². The number of amides is 2. The number of rotatable bonds is 1. The Morgan fingerprint density at radius 3 is 2.80 bits per heavy atom. The van der Waals surface area contributed by atoms with Crippen molar-refractivity contribution in [3.05, 3.63) is 47.5 Å². The van der Waals surface area contributed by atoms with E-state index in [2.05, 4.69) is 10.3 Å². The highest BCUT2D eigenvalue weighted by Crippen LogP contribution is 2.18. The molecular weight excluding hydrogens is 252 g/mol. The van der Waals surface area contributed by atoms with Crippen LogP contribution in [0.5, 0.6) is 0 Å². The van der Waals surface area contributed by atoms with Crippen LogP contribution >= 0.6 is 0 Å². The van der Waals surface area contributed by atoms with Gasteiger partial charge in [-0.25, -0.2) is 9.78 Å². The maximum atomic E-state index is 12.3. The van der Waals surface area contributed by atoms with E-state index in [4.69, 9.17) is 0 Å². The standard InChI is InChI=1S/C15H18N4O/c1-11-3-5-12(6-4-11)17-15(20)19-8-7-13-14(9-19)18(2)10-16-13/h3-6,10H,7-9H2,1-2H3,(H,17,20). The Labute approximate surface area is 118 Å². The lowest BCUT2D eigenvalue weighted by molar-refractivity contribution is 0.204. The van der Waals surface area contributed by atoms with Gasteiger partial charge in [0.1, 0.15) is 0 Å². The first kappa shape index (κ1) is 12.7. The summed E-state index contributed by atoms with van der Waals surface area (Å²) >= 11 is 0. The van der Waals surface area contributed by atoms with Crippen LogP contribution in [-0.4, -0.2) is 27.0 Å². The van der Waals surface area contributed by atoms with E-state index in [9.17, 15) is 4.79 Å². The Kier molecular flexibility index (Phi) is 3.18. The van der Waals surface area contributed by atoms with E-state index in [1.165, 1.54) is 5.56 Å². The Hall–Kier alpha value is -2.30. The molecule has 0 radical (unpaired) electrons. The number of carbonyl (C=O) groups is 1. The van der Waals surface area contributed by atoms with Crippen molar-refractivity contribution in [3.8, 4) is 0 Å². The topological polar surface area (TPSA) is 50.2 Å². The minimum atomic E-state index is -0.0549. The van der Waals surface area contributed by atoms with Crippen LogP contribution < -0.4 is 5.32 Å². The van der Waals surface area contributed by atoms with Crippen LogP contribution in [0.2, 0.25) is 0 Å². The maximum absolute atomic E-state index is 12.3. The summed E-state index contributed by atoms with van der Waals surface area (Å²) in [6.45, 7) is 3.35. The molecule has 2 amide bonds. The molecule has 0 saturated heterocycles. The van der Waals surface area contributed by atoms with E-state index in [0.29, 0.717) is 13.1 Å². The average Bonchev–Trinajstić information content (AvgIpc) is 2.82. The summed E-state index contributed by atoms with van der Waals surface area (Å²) in [5.74, 6) is 0. The molecule has 0 unspecified atom stereocenters. The molecule has 1 aliphatic rings. The molecular formula is C15H18N4O. The SMILES string of the molecule is Cc1ccc(NC(=O)N2CCc3ncn(C)c3C2)cc1. The lowest BCUT2D eigenvalue weighted by Gasteiger charge is -2.27. The Bertz CT molecular complexity index is 630. The molecule has 1 aromatic heterocycles. The number of aromatic nitrogens is 2. The van der Waals surface area contributed by atoms with Crippen molar-refractivity contribution in [1.29, 1.82) is 0 Å². The van der Waals surface area contributed by atoms with Gasteiger partial charge >= 0.3 is 6.03 Å². The molecule has 1 aliphatic heterocycles. The predicted octanol–water partition coefficient (Wildman–Crippen LogP) is 2.32. The molecule has 3 rings (SSSR count). The van der Waals surface area contributed by atoms with E-state index in [1.54, 1.807) is 0 Å². The fraction of sp³-hybridized carbons (Fsp3) is 0.333. The van der Waals surface area contributed by atoms with Crippen molar-refractivity contribution in [2.24, 2.45) is 7.05 Å². The zero-order valence-electron chi connectivity index (χ0n) is 11.8. The van der Waals surface area contributed by atoms with Crippen LogP contribution in [0.4, 0.5) is 10.5 Å². The Morgan fingerprint density at radius 1 is 1.30 bits per heavy atom. The van der Waals surface area contributed by atoms with Gasteiger partial charge in [0.05, 0.1) is 24.3 Å². The summed E-state index contributed by atoms with van der Waals surface area (Å²) in [6, 6.07) is 7.77. The number of hydrogen-bond donors (Lipinski definition) is 1. The van der Waals surface area contributed by atoms with E-state index in [1.807, 2.05) is 54.0 Å². The number of imidazole rings is 1. The molecule has 20 heavy (non-hydrogen) atoms. The highest BCUT2D eigenvalue weighted by Gasteiger charge is 2.23. The summed E-state index contributed by atoms with van der Waals surface area (Å²) in [5.41, 5.74) is 4.24. The van der Waals surface area contributed by atoms with Gasteiger partial charge < -0.3 is 14.8 Å². The Balaban J connectivity index is 1.70. The van der Waals surface area contributed by atoms with Gasteiger partial charge in [-0.05, 0) is 19.1 Å². The number of hydrogen-bond acceptors (Lipinski definition) is 2. The largest absolute Gasteiger partial charge is 0.336 e. The van der Waals surface area contributed by atoms with Crippen LogP contribution in [0.3, 0.4) is 0 Å². The molecule has 2 heterocycles. The summed E-state index contributed by atoms with van der Waals surface area (Å²) < 4.78 is 1.99. The van der Waals surface area contributed by atoms with Gasteiger partial charge in [-0.3, -0.25) is 0 Å². The minimum absolute atomic E-state index is 0.0549. The van der Waals surface area contributed by atoms with E-state index < -0.39 is 0 Å². The molecule has 0 aliphatic carbocycles. The van der Waals surface area contributed by atoms with E-state index in [0.717, 1.165) is 23.5 Å². The van der Waals surface area contributed by atoms with E-state index >= 15 is 0 Å². The molecule has 0 bridgehead atoms. The lowest BCUT2D eigenvalue weighted by Crippen LogP contribution is -2.39. The molecule has 0 spiro atoms. The van der Waals surface area contributed by atoms with Crippen molar-refractivity contribution in [3.63, 3.8) is 0 Å². The second-order valence-electron chi connectivity index (χ2n) is 5.22. The third kappa shape index (κ3) is 2.39. The summed E-state index contributed by atoms with van der Waals surface area (Å²) in [6.07, 6.45) is 2.63. The molecule has 5 heteroatoms. The fourth-order valence-corrected chi connectivity index (χ4v) is 2.43. The van der Waals surface area contributed by atoms with Gasteiger partial charge in [0.15, 0.2) is 0 Å². The maximum Gasteiger partial charge on any atom is 0.322 e. The van der Waals surface area contributed by atoms with Crippen LogP contribution in [-0.2, 0) is 20.0 Å². The molecule has 104 valence electrons. The molecule has 1 N–H and O–H groups in total. The van der Waals surface area contributed by atoms with Gasteiger partial charge in [0, 0.05) is 25.7 Å². The van der Waals surface area contributed by atoms with Crippen molar-refractivity contribution < 1.29 is 4.79 Å². The second-order valence-corrected chi connectivity index (χ2v) is 5.22. The number of nitrogens with zero attached hydrogens (tertiary/aromatic N) is 3. The summed E-state index contributed by atoms with van der Waals surface area (Å²) in [7, 11) is 1.97. The number of benzene rings is 1. The highest BCUT2D eigenvalue weighted by molar-refractivity contribution is 5.89. The smallest absolute Gasteiger partial charge is 0.322 e. The van der Waals surface area contributed by atoms with Gasteiger partial charge in [0.25, 0.3) is 0 Å². The molecule has 0 atom stereocenters. The van der Waals surface area contributed by atoms with Crippen molar-refractivity contribution in [1.82, 2.24) is 14.5 Å². The van der Waals surface area contributed by atoms with Crippen LogP contribution in [0, 0.1) is 6.92 Å². The number of carbonyl (C=O) groups excluding carboxylic acids is 1. The highest BCUT2D eigenvalue weighted by atomic mass is 16.2. The summed E-state index contributed by atoms with van der Waals surface area (Å²) in [5, 5.41) is 2.94. The molecule has 2 aromatic rings. The van der Waals surface area contributed by atoms with Crippen molar-refractivity contribution in [2.45, 2.75) is 19.9 Å². The molecule has 5 nitrogen and oxygen atoms in total. The first-order valence-electron chi connectivity index (χ1n) is 6.75. The Morgan fingerprint density at radius 2 is 2.05 bits per heavy atom. The quantitative estimate of drug-likeness (QED) is 0.864. The number of aryl methyl sites for hydroxylation is 2. The van der Waals surface area contributed by atoms with Gasteiger partial charge in [-0.2, -0.15) is 0 Å². The van der Waals surface area contributed by atoms with Gasteiger partial charge in [-0.15, -0.1) is 0 Å². The van der Waals surface area contributed by atoms with Gasteiger partial charge in [0.2, 0.25) is 0 Å². The zero-order chi connectivity index (χ0) is 14.1. The number of urea groups is 1. The average molecular weight is 270 g/mol. The fourth-order valence-electron chi connectivity index (χ4n) is 2.43. The second kappa shape index (κ2) is 5.00. The third-order valence-corrected chi connectivity index (χ3v) is 3.69. The van der Waals surface area contributed by atoms with Crippen molar-refractivity contribution >= 4 is 11.7 Å². The van der Waals surface area contributed by atoms with Crippen LogP contribution in [0.25, 0.3) is 0 Å². The minimum Gasteiger partial charge on any atom is -0.336 e.